The van der Waals surface area contributed by atoms with E-state index in [1.807, 2.05) is 0 Å². The molecule has 1 aliphatic carbocycles. The molecule has 3 aliphatic rings. The molecule has 1 saturated heterocycles. The van der Waals surface area contributed by atoms with Crippen LogP contribution in [-0.4, -0.2) is 49.1 Å². The van der Waals surface area contributed by atoms with Gasteiger partial charge in [0.2, 0.25) is 0 Å². The highest BCUT2D eigenvalue weighted by Crippen LogP contribution is 2.48. The Labute approximate surface area is 172 Å². The van der Waals surface area contributed by atoms with Crippen LogP contribution in [-0.2, 0) is 11.2 Å². The highest BCUT2D eigenvalue weighted by molar-refractivity contribution is 6.33. The standard InChI is InChI=1S/C22H31ClFNO3/c1-21(2,3)28-14-5-6-17-16-11-18(26-4)20(27-13-22(24)8-9-22)19(23)15(16)7-10-25(17)12-14/h11,14,17H,5-10,12-13H2,1-4H3. The van der Waals surface area contributed by atoms with Gasteiger partial charge in [0.1, 0.15) is 12.3 Å². The van der Waals surface area contributed by atoms with E-state index < -0.39 is 5.67 Å². The highest BCUT2D eigenvalue weighted by Gasteiger charge is 2.45. The number of piperidine rings is 1. The maximum Gasteiger partial charge on any atom is 0.180 e. The van der Waals surface area contributed by atoms with Crippen molar-refractivity contribution in [1.82, 2.24) is 4.90 Å². The number of benzene rings is 1. The third-order valence-electron chi connectivity index (χ3n) is 5.98. The van der Waals surface area contributed by atoms with Gasteiger partial charge in [-0.15, -0.1) is 0 Å². The van der Waals surface area contributed by atoms with Gasteiger partial charge in [-0.1, -0.05) is 11.6 Å². The molecule has 2 fully saturated rings. The Bertz CT molecular complexity index is 744. The number of methoxy groups -OCH3 is 1. The van der Waals surface area contributed by atoms with E-state index in [2.05, 4.69) is 31.7 Å². The number of ether oxygens (including phenoxy) is 3. The van der Waals surface area contributed by atoms with Crippen LogP contribution in [0.1, 0.15) is 63.6 Å². The zero-order valence-corrected chi connectivity index (χ0v) is 18.1. The second-order valence-corrected chi connectivity index (χ2v) is 9.80. The Morgan fingerprint density at radius 1 is 1.29 bits per heavy atom. The van der Waals surface area contributed by atoms with E-state index in [1.165, 1.54) is 5.56 Å². The molecule has 1 saturated carbocycles. The molecule has 0 bridgehead atoms. The molecular weight excluding hydrogens is 381 g/mol. The summed E-state index contributed by atoms with van der Waals surface area (Å²) in [6.07, 6.45) is 4.30. The third kappa shape index (κ3) is 4.12. The SMILES string of the molecule is COc1cc2c(c(Cl)c1OCC1(F)CC1)CCN1CC(OC(C)(C)C)CCC21. The Kier molecular flexibility index (Phi) is 5.30. The van der Waals surface area contributed by atoms with Gasteiger partial charge >= 0.3 is 0 Å². The van der Waals surface area contributed by atoms with E-state index in [0.29, 0.717) is 35.4 Å². The second kappa shape index (κ2) is 7.33. The lowest BCUT2D eigenvalue weighted by atomic mass is 9.85. The summed E-state index contributed by atoms with van der Waals surface area (Å²) in [5, 5.41) is 0.589. The lowest BCUT2D eigenvalue weighted by molar-refractivity contribution is -0.0971. The third-order valence-corrected chi connectivity index (χ3v) is 6.38. The summed E-state index contributed by atoms with van der Waals surface area (Å²) >= 11 is 6.74. The predicted molar refractivity (Wildman–Crippen MR) is 108 cm³/mol. The average Bonchev–Trinajstić information content (AvgIpc) is 3.36. The molecule has 28 heavy (non-hydrogen) atoms. The fourth-order valence-electron chi connectivity index (χ4n) is 4.44. The normalized spacial score (nSPS) is 26.4. The smallest absolute Gasteiger partial charge is 0.180 e. The molecule has 1 aromatic carbocycles. The maximum atomic E-state index is 14.0. The summed E-state index contributed by atoms with van der Waals surface area (Å²) in [5.74, 6) is 1.09. The average molecular weight is 412 g/mol. The fourth-order valence-corrected chi connectivity index (χ4v) is 4.79. The van der Waals surface area contributed by atoms with Crippen molar-refractivity contribution in [2.24, 2.45) is 0 Å². The first kappa shape index (κ1) is 20.2. The molecule has 1 aromatic rings. The molecule has 0 aromatic heterocycles. The summed E-state index contributed by atoms with van der Waals surface area (Å²) in [6.45, 7) is 8.26. The zero-order valence-electron chi connectivity index (χ0n) is 17.3. The van der Waals surface area contributed by atoms with E-state index in [0.717, 1.165) is 37.9 Å². The minimum atomic E-state index is -1.19. The molecule has 0 N–H and O–H groups in total. The van der Waals surface area contributed by atoms with Crippen molar-refractivity contribution in [3.63, 3.8) is 0 Å². The van der Waals surface area contributed by atoms with Crippen molar-refractivity contribution < 1.29 is 18.6 Å². The number of rotatable bonds is 5. The van der Waals surface area contributed by atoms with Gasteiger partial charge in [-0.3, -0.25) is 4.90 Å². The van der Waals surface area contributed by atoms with Gasteiger partial charge in [-0.05, 0) is 70.1 Å². The summed E-state index contributed by atoms with van der Waals surface area (Å²) in [4.78, 5) is 2.50. The van der Waals surface area contributed by atoms with Crippen LogP contribution in [0.25, 0.3) is 0 Å². The molecule has 2 atom stereocenters. The van der Waals surface area contributed by atoms with E-state index in [4.69, 9.17) is 25.8 Å². The molecular formula is C22H31ClFNO3. The maximum absolute atomic E-state index is 14.0. The molecule has 2 heterocycles. The van der Waals surface area contributed by atoms with Gasteiger partial charge < -0.3 is 14.2 Å². The first-order chi connectivity index (χ1) is 13.2. The largest absolute Gasteiger partial charge is 0.493 e. The predicted octanol–water partition coefficient (Wildman–Crippen LogP) is 5.11. The molecule has 2 unspecified atom stereocenters. The topological polar surface area (TPSA) is 30.9 Å². The van der Waals surface area contributed by atoms with Gasteiger partial charge in [0.05, 0.1) is 23.8 Å². The van der Waals surface area contributed by atoms with Gasteiger partial charge in [-0.25, -0.2) is 4.39 Å². The summed E-state index contributed by atoms with van der Waals surface area (Å²) in [5.41, 5.74) is 1.03. The molecule has 156 valence electrons. The number of fused-ring (bicyclic) bond motifs is 3. The van der Waals surface area contributed by atoms with Crippen LogP contribution in [0.4, 0.5) is 4.39 Å². The van der Waals surface area contributed by atoms with Gasteiger partial charge in [-0.2, -0.15) is 0 Å². The first-order valence-corrected chi connectivity index (χ1v) is 10.7. The monoisotopic (exact) mass is 411 g/mol. The van der Waals surface area contributed by atoms with Gasteiger partial charge in [0.15, 0.2) is 11.5 Å². The van der Waals surface area contributed by atoms with Crippen LogP contribution in [0.3, 0.4) is 0 Å². The summed E-state index contributed by atoms with van der Waals surface area (Å²) < 4.78 is 31.6. The summed E-state index contributed by atoms with van der Waals surface area (Å²) in [6, 6.07) is 2.37. The summed E-state index contributed by atoms with van der Waals surface area (Å²) in [7, 11) is 1.61. The van der Waals surface area contributed by atoms with Crippen molar-refractivity contribution in [2.75, 3.05) is 26.8 Å². The van der Waals surface area contributed by atoms with Crippen LogP contribution in [0, 0.1) is 0 Å². The molecule has 2 aliphatic heterocycles. The second-order valence-electron chi connectivity index (χ2n) is 9.42. The van der Waals surface area contributed by atoms with E-state index >= 15 is 0 Å². The number of alkyl halides is 1. The molecule has 0 radical (unpaired) electrons. The van der Waals surface area contributed by atoms with Crippen LogP contribution in [0.5, 0.6) is 11.5 Å². The number of hydrogen-bond donors (Lipinski definition) is 0. The number of halogens is 2. The van der Waals surface area contributed by atoms with E-state index in [1.54, 1.807) is 7.11 Å². The molecule has 0 amide bonds. The van der Waals surface area contributed by atoms with Crippen molar-refractivity contribution in [3.8, 4) is 11.5 Å². The van der Waals surface area contributed by atoms with Crippen LogP contribution >= 0.6 is 11.6 Å². The lowest BCUT2D eigenvalue weighted by Crippen LogP contribution is -2.47. The zero-order chi connectivity index (χ0) is 20.1. The number of hydrogen-bond acceptors (Lipinski definition) is 4. The van der Waals surface area contributed by atoms with E-state index in [9.17, 15) is 4.39 Å². The van der Waals surface area contributed by atoms with Crippen molar-refractivity contribution >= 4 is 11.6 Å². The van der Waals surface area contributed by atoms with Crippen LogP contribution < -0.4 is 9.47 Å². The molecule has 0 spiro atoms. The van der Waals surface area contributed by atoms with E-state index in [-0.39, 0.29) is 18.3 Å². The molecule has 4 nitrogen and oxygen atoms in total. The van der Waals surface area contributed by atoms with Gasteiger partial charge in [0.25, 0.3) is 0 Å². The van der Waals surface area contributed by atoms with Crippen molar-refractivity contribution in [1.29, 1.82) is 0 Å². The molecule has 4 rings (SSSR count). The Hall–Kier alpha value is -1.04. The fraction of sp³-hybridized carbons (Fsp3) is 0.727. The molecule has 6 heteroatoms. The van der Waals surface area contributed by atoms with Crippen LogP contribution in [0.2, 0.25) is 5.02 Å². The van der Waals surface area contributed by atoms with Crippen molar-refractivity contribution in [2.45, 2.75) is 76.3 Å². The van der Waals surface area contributed by atoms with Gasteiger partial charge in [0, 0.05) is 19.1 Å². The Morgan fingerprint density at radius 2 is 2.04 bits per heavy atom. The number of nitrogens with zero attached hydrogens (tertiary/aromatic N) is 1. The quantitative estimate of drug-likeness (QED) is 0.674. The first-order valence-electron chi connectivity index (χ1n) is 10.3. The Balaban J connectivity index is 1.56. The Morgan fingerprint density at radius 3 is 2.68 bits per heavy atom. The lowest BCUT2D eigenvalue weighted by Gasteiger charge is -2.45. The minimum absolute atomic E-state index is 0.0449. The van der Waals surface area contributed by atoms with Crippen molar-refractivity contribution in [3.05, 3.63) is 22.2 Å². The highest BCUT2D eigenvalue weighted by atomic mass is 35.5. The minimum Gasteiger partial charge on any atom is -0.493 e. The van der Waals surface area contributed by atoms with Crippen LogP contribution in [0.15, 0.2) is 6.07 Å².